The Morgan fingerprint density at radius 1 is 1.41 bits per heavy atom. The van der Waals surface area contributed by atoms with Crippen molar-refractivity contribution >= 4 is 27.4 Å². The molecule has 0 radical (unpaired) electrons. The lowest BCUT2D eigenvalue weighted by molar-refractivity contribution is 0.157. The van der Waals surface area contributed by atoms with Gasteiger partial charge >= 0.3 is 6.03 Å². The van der Waals surface area contributed by atoms with Crippen LogP contribution in [0.25, 0.3) is 0 Å². The van der Waals surface area contributed by atoms with Crippen LogP contribution in [0.1, 0.15) is 6.92 Å². The number of carbonyl (C=O) groups is 1. The normalized spacial score (nSPS) is 11.1. The predicted molar refractivity (Wildman–Crippen MR) is 83.0 cm³/mol. The number of benzene rings is 1. The Labute approximate surface area is 129 Å². The molecule has 22 heavy (non-hydrogen) atoms. The van der Waals surface area contributed by atoms with E-state index < -0.39 is 21.9 Å². The zero-order valence-electron chi connectivity index (χ0n) is 12.7. The molecule has 2 amide bonds. The lowest BCUT2D eigenvalue weighted by Crippen LogP contribution is -2.37. The molecule has 7 nitrogen and oxygen atoms in total. The highest BCUT2D eigenvalue weighted by Crippen LogP contribution is 2.20. The van der Waals surface area contributed by atoms with Crippen LogP contribution in [0.15, 0.2) is 18.2 Å². The van der Waals surface area contributed by atoms with Crippen LogP contribution in [0, 0.1) is 5.82 Å². The van der Waals surface area contributed by atoms with Crippen LogP contribution in [0.4, 0.5) is 20.6 Å². The number of nitrogens with zero attached hydrogens (tertiary/aromatic N) is 1. The average molecular weight is 333 g/mol. The molecule has 0 saturated carbocycles. The van der Waals surface area contributed by atoms with Gasteiger partial charge in [0.05, 0.1) is 24.2 Å². The highest BCUT2D eigenvalue weighted by atomic mass is 32.2. The fourth-order valence-corrected chi connectivity index (χ4v) is 2.25. The first kappa shape index (κ1) is 18.2. The molecule has 1 aromatic carbocycles. The summed E-state index contributed by atoms with van der Waals surface area (Å²) in [7, 11) is -1.96. The maximum Gasteiger partial charge on any atom is 0.321 e. The number of ether oxygens (including phenoxy) is 1. The van der Waals surface area contributed by atoms with Crippen LogP contribution in [-0.4, -0.2) is 52.4 Å². The minimum atomic E-state index is -3.48. The summed E-state index contributed by atoms with van der Waals surface area (Å²) in [5, 5.41) is 2.42. The average Bonchev–Trinajstić information content (AvgIpc) is 2.42. The molecule has 0 spiro atoms. The molecule has 0 saturated heterocycles. The molecule has 1 aromatic rings. The summed E-state index contributed by atoms with van der Waals surface area (Å²) >= 11 is 0. The van der Waals surface area contributed by atoms with Gasteiger partial charge in [-0.25, -0.2) is 17.6 Å². The van der Waals surface area contributed by atoms with E-state index in [4.69, 9.17) is 4.74 Å². The zero-order valence-corrected chi connectivity index (χ0v) is 13.5. The van der Waals surface area contributed by atoms with Crippen molar-refractivity contribution in [2.24, 2.45) is 0 Å². The van der Waals surface area contributed by atoms with Gasteiger partial charge in [-0.1, -0.05) is 0 Å². The Morgan fingerprint density at radius 3 is 2.64 bits per heavy atom. The van der Waals surface area contributed by atoms with E-state index in [1.807, 2.05) is 0 Å². The molecule has 0 unspecified atom stereocenters. The Kier molecular flexibility index (Phi) is 6.57. The number of amides is 2. The summed E-state index contributed by atoms with van der Waals surface area (Å²) in [5.41, 5.74) is 0.0636. The van der Waals surface area contributed by atoms with Gasteiger partial charge in [0.1, 0.15) is 5.82 Å². The first-order valence-electron chi connectivity index (χ1n) is 6.59. The van der Waals surface area contributed by atoms with Gasteiger partial charge in [-0.3, -0.25) is 4.72 Å². The van der Waals surface area contributed by atoms with E-state index in [2.05, 4.69) is 10.0 Å². The Morgan fingerprint density at radius 2 is 2.09 bits per heavy atom. The van der Waals surface area contributed by atoms with Crippen molar-refractivity contribution in [3.05, 3.63) is 24.0 Å². The second kappa shape index (κ2) is 7.95. The van der Waals surface area contributed by atoms with Crippen molar-refractivity contribution < 1.29 is 22.3 Å². The van der Waals surface area contributed by atoms with E-state index >= 15 is 0 Å². The second-order valence-corrected chi connectivity index (χ2v) is 6.32. The number of nitrogens with one attached hydrogen (secondary N) is 2. The largest absolute Gasteiger partial charge is 0.383 e. The minimum absolute atomic E-state index is 0.102. The number of likely N-dealkylation sites (N-methyl/N-ethyl adjacent to an activating group) is 1. The van der Waals surface area contributed by atoms with E-state index in [1.54, 1.807) is 6.92 Å². The molecule has 124 valence electrons. The van der Waals surface area contributed by atoms with Gasteiger partial charge in [0.2, 0.25) is 10.0 Å². The first-order valence-corrected chi connectivity index (χ1v) is 8.48. The molecule has 0 heterocycles. The number of carbonyl (C=O) groups excluding carboxylic acids is 1. The minimum Gasteiger partial charge on any atom is -0.383 e. The van der Waals surface area contributed by atoms with E-state index in [-0.39, 0.29) is 11.4 Å². The first-order chi connectivity index (χ1) is 10.3. The molecule has 0 fully saturated rings. The molecule has 9 heteroatoms. The van der Waals surface area contributed by atoms with E-state index in [1.165, 1.54) is 24.1 Å². The number of anilines is 2. The molecule has 1 rings (SSSR count). The third-order valence-corrected chi connectivity index (χ3v) is 3.35. The highest BCUT2D eigenvalue weighted by molar-refractivity contribution is 7.92. The van der Waals surface area contributed by atoms with Crippen LogP contribution >= 0.6 is 0 Å². The zero-order chi connectivity index (χ0) is 16.8. The molecule has 0 aliphatic heterocycles. The predicted octanol–water partition coefficient (Wildman–Crippen LogP) is 1.70. The Balaban J connectivity index is 2.87. The summed E-state index contributed by atoms with van der Waals surface area (Å²) in [5.74, 6) is -0.657. The standard InChI is InChI=1S/C13H20FN3O4S/c1-4-17(7-8-21-2)13(18)15-12-9-10(5-6-11(12)14)16-22(3,19)20/h5-6,9,16H,4,7-8H2,1-3H3,(H,15,18). The molecule has 0 aliphatic rings. The fraction of sp³-hybridized carbons (Fsp3) is 0.462. The summed E-state index contributed by atoms with van der Waals surface area (Å²) in [4.78, 5) is 13.5. The third-order valence-electron chi connectivity index (χ3n) is 2.75. The van der Waals surface area contributed by atoms with E-state index in [9.17, 15) is 17.6 Å². The number of methoxy groups -OCH3 is 1. The van der Waals surface area contributed by atoms with Gasteiger partial charge in [0, 0.05) is 20.2 Å². The highest BCUT2D eigenvalue weighted by Gasteiger charge is 2.14. The quantitative estimate of drug-likeness (QED) is 0.795. The van der Waals surface area contributed by atoms with Crippen LogP contribution in [0.2, 0.25) is 0 Å². The van der Waals surface area contributed by atoms with Crippen molar-refractivity contribution in [1.29, 1.82) is 0 Å². The second-order valence-electron chi connectivity index (χ2n) is 4.57. The number of urea groups is 1. The van der Waals surface area contributed by atoms with Crippen LogP contribution < -0.4 is 10.0 Å². The summed E-state index contributed by atoms with van der Waals surface area (Å²) in [6, 6.07) is 3.08. The fourth-order valence-electron chi connectivity index (χ4n) is 1.70. The molecule has 2 N–H and O–H groups in total. The van der Waals surface area contributed by atoms with Crippen molar-refractivity contribution in [1.82, 2.24) is 4.90 Å². The number of rotatable bonds is 7. The summed E-state index contributed by atoms with van der Waals surface area (Å²) in [6.45, 7) is 2.94. The van der Waals surface area contributed by atoms with E-state index in [0.717, 1.165) is 12.3 Å². The maximum absolute atomic E-state index is 13.7. The van der Waals surface area contributed by atoms with Crippen LogP contribution in [0.3, 0.4) is 0 Å². The third kappa shape index (κ3) is 5.86. The van der Waals surface area contributed by atoms with Gasteiger partial charge in [-0.2, -0.15) is 0 Å². The molecule has 0 aliphatic carbocycles. The van der Waals surface area contributed by atoms with Gasteiger partial charge < -0.3 is 15.0 Å². The topological polar surface area (TPSA) is 87.7 Å². The van der Waals surface area contributed by atoms with Crippen molar-refractivity contribution in [2.45, 2.75) is 6.92 Å². The summed E-state index contributed by atoms with van der Waals surface area (Å²) < 4.78 is 43.2. The lowest BCUT2D eigenvalue weighted by atomic mass is 10.2. The van der Waals surface area contributed by atoms with E-state index in [0.29, 0.717) is 19.7 Å². The van der Waals surface area contributed by atoms with Crippen LogP contribution in [0.5, 0.6) is 0 Å². The van der Waals surface area contributed by atoms with Gasteiger partial charge in [0.15, 0.2) is 0 Å². The molecule has 0 bridgehead atoms. The van der Waals surface area contributed by atoms with Crippen molar-refractivity contribution in [3.63, 3.8) is 0 Å². The number of halogens is 1. The molecular formula is C13H20FN3O4S. The van der Waals surface area contributed by atoms with Crippen molar-refractivity contribution in [3.8, 4) is 0 Å². The number of sulfonamides is 1. The Bertz CT molecular complexity index is 622. The SMILES string of the molecule is CCN(CCOC)C(=O)Nc1cc(NS(C)(=O)=O)ccc1F. The Hall–Kier alpha value is -1.87. The number of hydrogen-bond donors (Lipinski definition) is 2. The number of hydrogen-bond acceptors (Lipinski definition) is 4. The van der Waals surface area contributed by atoms with Crippen molar-refractivity contribution in [2.75, 3.05) is 43.1 Å². The maximum atomic E-state index is 13.7. The monoisotopic (exact) mass is 333 g/mol. The van der Waals surface area contributed by atoms with Crippen LogP contribution in [-0.2, 0) is 14.8 Å². The molecule has 0 aromatic heterocycles. The van der Waals surface area contributed by atoms with Gasteiger partial charge in [0.25, 0.3) is 0 Å². The van der Waals surface area contributed by atoms with Gasteiger partial charge in [-0.05, 0) is 25.1 Å². The molecule has 0 atom stereocenters. The smallest absolute Gasteiger partial charge is 0.321 e. The lowest BCUT2D eigenvalue weighted by Gasteiger charge is -2.21. The molecular weight excluding hydrogens is 313 g/mol. The van der Waals surface area contributed by atoms with Gasteiger partial charge in [-0.15, -0.1) is 0 Å². The summed E-state index contributed by atoms with van der Waals surface area (Å²) in [6.07, 6.45) is 0.984.